The van der Waals surface area contributed by atoms with Gasteiger partial charge < -0.3 is 15.2 Å². The van der Waals surface area contributed by atoms with Crippen molar-refractivity contribution in [2.75, 3.05) is 14.2 Å². The fourth-order valence-electron chi connectivity index (χ4n) is 1.80. The first-order chi connectivity index (χ1) is 8.13. The van der Waals surface area contributed by atoms with E-state index in [1.807, 2.05) is 18.2 Å². The van der Waals surface area contributed by atoms with Gasteiger partial charge in [-0.3, -0.25) is 0 Å². The summed E-state index contributed by atoms with van der Waals surface area (Å²) in [5.41, 5.74) is 8.24. The molecule has 0 aliphatic rings. The van der Waals surface area contributed by atoms with Crippen LogP contribution in [0.1, 0.15) is 31.4 Å². The summed E-state index contributed by atoms with van der Waals surface area (Å²) in [7, 11) is 3.28. The predicted molar refractivity (Wildman–Crippen MR) is 70.5 cm³/mol. The molecule has 3 heteroatoms. The zero-order chi connectivity index (χ0) is 12.8. The zero-order valence-corrected chi connectivity index (χ0v) is 10.8. The van der Waals surface area contributed by atoms with Crippen LogP contribution in [-0.4, -0.2) is 14.2 Å². The molecule has 0 saturated heterocycles. The summed E-state index contributed by atoms with van der Waals surface area (Å²) in [6.45, 7) is 6.07. The third-order valence-corrected chi connectivity index (χ3v) is 2.85. The van der Waals surface area contributed by atoms with Gasteiger partial charge in [0.1, 0.15) is 11.5 Å². The molecule has 0 amide bonds. The lowest BCUT2D eigenvalue weighted by molar-refractivity contribution is 0.378. The molecule has 0 aliphatic heterocycles. The molecule has 17 heavy (non-hydrogen) atoms. The molecule has 94 valence electrons. The third-order valence-electron chi connectivity index (χ3n) is 2.85. The highest BCUT2D eigenvalue weighted by Gasteiger charge is 2.17. The number of nitrogens with two attached hydrogens (primary N) is 1. The minimum atomic E-state index is -0.145. The van der Waals surface area contributed by atoms with E-state index in [0.717, 1.165) is 35.5 Å². The van der Waals surface area contributed by atoms with Crippen molar-refractivity contribution in [3.05, 3.63) is 35.9 Å². The van der Waals surface area contributed by atoms with E-state index in [1.54, 1.807) is 14.2 Å². The maximum Gasteiger partial charge on any atom is 0.127 e. The van der Waals surface area contributed by atoms with E-state index in [4.69, 9.17) is 15.2 Å². The van der Waals surface area contributed by atoms with Crippen LogP contribution in [0.15, 0.2) is 30.4 Å². The average molecular weight is 235 g/mol. The predicted octanol–water partition coefficient (Wildman–Crippen LogP) is 3.06. The third kappa shape index (κ3) is 3.24. The zero-order valence-electron chi connectivity index (χ0n) is 10.8. The van der Waals surface area contributed by atoms with Gasteiger partial charge in [0, 0.05) is 6.04 Å². The minimum absolute atomic E-state index is 0.145. The molecule has 0 radical (unpaired) electrons. The van der Waals surface area contributed by atoms with Crippen LogP contribution in [0.4, 0.5) is 0 Å². The van der Waals surface area contributed by atoms with E-state index < -0.39 is 0 Å². The molecule has 0 heterocycles. The Bertz CT molecular complexity index is 366. The Morgan fingerprint density at radius 3 is 2.24 bits per heavy atom. The Kier molecular flexibility index (Phi) is 5.04. The normalized spacial score (nSPS) is 12.0. The molecule has 1 aromatic carbocycles. The summed E-state index contributed by atoms with van der Waals surface area (Å²) in [4.78, 5) is 0. The monoisotopic (exact) mass is 235 g/mol. The molecule has 0 fully saturated rings. The van der Waals surface area contributed by atoms with Crippen LogP contribution in [0, 0.1) is 0 Å². The fraction of sp³-hybridized carbons (Fsp3) is 0.429. The van der Waals surface area contributed by atoms with Gasteiger partial charge in [-0.25, -0.2) is 0 Å². The standard InChI is InChI=1S/C14H21NO2/c1-5-10(2)9-11(15)14-12(16-3)7-6-8-13(14)17-4/h6-8,11H,2,5,9,15H2,1,3-4H3. The van der Waals surface area contributed by atoms with Gasteiger partial charge in [0.15, 0.2) is 0 Å². The number of benzene rings is 1. The van der Waals surface area contributed by atoms with Crippen LogP contribution < -0.4 is 15.2 Å². The van der Waals surface area contributed by atoms with Gasteiger partial charge in [0.2, 0.25) is 0 Å². The number of hydrogen-bond acceptors (Lipinski definition) is 3. The van der Waals surface area contributed by atoms with Crippen molar-refractivity contribution in [3.8, 4) is 11.5 Å². The summed E-state index contributed by atoms with van der Waals surface area (Å²) in [6, 6.07) is 5.54. The lowest BCUT2D eigenvalue weighted by Gasteiger charge is -2.19. The maximum atomic E-state index is 6.20. The Morgan fingerprint density at radius 1 is 1.29 bits per heavy atom. The molecule has 1 atom stereocenters. The molecule has 0 spiro atoms. The van der Waals surface area contributed by atoms with Gasteiger partial charge in [0.05, 0.1) is 19.8 Å². The molecule has 3 nitrogen and oxygen atoms in total. The topological polar surface area (TPSA) is 44.5 Å². The molecule has 1 aromatic rings. The summed E-state index contributed by atoms with van der Waals surface area (Å²) >= 11 is 0. The second-order valence-corrected chi connectivity index (χ2v) is 3.99. The Labute approximate surface area is 103 Å². The van der Waals surface area contributed by atoms with Crippen molar-refractivity contribution in [2.24, 2.45) is 5.73 Å². The smallest absolute Gasteiger partial charge is 0.127 e. The first kappa shape index (κ1) is 13.6. The molecule has 0 bridgehead atoms. The van der Waals surface area contributed by atoms with E-state index in [1.165, 1.54) is 0 Å². The SMILES string of the molecule is C=C(CC)CC(N)c1c(OC)cccc1OC. The van der Waals surface area contributed by atoms with Crippen molar-refractivity contribution in [2.45, 2.75) is 25.8 Å². The van der Waals surface area contributed by atoms with Gasteiger partial charge in [-0.2, -0.15) is 0 Å². The Morgan fingerprint density at radius 2 is 1.82 bits per heavy atom. The van der Waals surface area contributed by atoms with Gasteiger partial charge in [-0.1, -0.05) is 25.1 Å². The highest BCUT2D eigenvalue weighted by molar-refractivity contribution is 5.47. The second-order valence-electron chi connectivity index (χ2n) is 3.99. The highest BCUT2D eigenvalue weighted by atomic mass is 16.5. The largest absolute Gasteiger partial charge is 0.496 e. The van der Waals surface area contributed by atoms with Crippen molar-refractivity contribution >= 4 is 0 Å². The van der Waals surface area contributed by atoms with Crippen molar-refractivity contribution in [1.82, 2.24) is 0 Å². The number of hydrogen-bond donors (Lipinski definition) is 1. The highest BCUT2D eigenvalue weighted by Crippen LogP contribution is 2.35. The lowest BCUT2D eigenvalue weighted by Crippen LogP contribution is -2.13. The van der Waals surface area contributed by atoms with E-state index in [-0.39, 0.29) is 6.04 Å². The Balaban J connectivity index is 3.04. The summed E-state index contributed by atoms with van der Waals surface area (Å²) < 4.78 is 10.7. The molecule has 1 rings (SSSR count). The minimum Gasteiger partial charge on any atom is -0.496 e. The molecular weight excluding hydrogens is 214 g/mol. The molecule has 1 unspecified atom stereocenters. The molecule has 0 aliphatic carbocycles. The van der Waals surface area contributed by atoms with Crippen LogP contribution >= 0.6 is 0 Å². The second kappa shape index (κ2) is 6.30. The summed E-state index contributed by atoms with van der Waals surface area (Å²) in [5, 5.41) is 0. The number of rotatable bonds is 6. The number of methoxy groups -OCH3 is 2. The van der Waals surface area contributed by atoms with Gasteiger partial charge in [0.25, 0.3) is 0 Å². The quantitative estimate of drug-likeness (QED) is 0.771. The molecule has 2 N–H and O–H groups in total. The van der Waals surface area contributed by atoms with Gasteiger partial charge >= 0.3 is 0 Å². The van der Waals surface area contributed by atoms with Crippen molar-refractivity contribution < 1.29 is 9.47 Å². The van der Waals surface area contributed by atoms with Crippen LogP contribution in [0.3, 0.4) is 0 Å². The molecular formula is C14H21NO2. The summed E-state index contributed by atoms with van der Waals surface area (Å²) in [5.74, 6) is 1.53. The van der Waals surface area contributed by atoms with E-state index in [9.17, 15) is 0 Å². The van der Waals surface area contributed by atoms with Gasteiger partial charge in [-0.05, 0) is 25.0 Å². The van der Waals surface area contributed by atoms with Crippen molar-refractivity contribution in [3.63, 3.8) is 0 Å². The maximum absolute atomic E-state index is 6.20. The first-order valence-electron chi connectivity index (χ1n) is 5.77. The average Bonchev–Trinajstić information content (AvgIpc) is 2.37. The van der Waals surface area contributed by atoms with Crippen molar-refractivity contribution in [1.29, 1.82) is 0 Å². The van der Waals surface area contributed by atoms with Crippen LogP contribution in [-0.2, 0) is 0 Å². The fourth-order valence-corrected chi connectivity index (χ4v) is 1.80. The Hall–Kier alpha value is -1.48. The molecule has 0 aromatic heterocycles. The van der Waals surface area contributed by atoms with Gasteiger partial charge in [-0.15, -0.1) is 0 Å². The number of ether oxygens (including phenoxy) is 2. The van der Waals surface area contributed by atoms with E-state index in [2.05, 4.69) is 13.5 Å². The lowest BCUT2D eigenvalue weighted by atomic mass is 9.97. The van der Waals surface area contributed by atoms with E-state index in [0.29, 0.717) is 0 Å². The van der Waals surface area contributed by atoms with Crippen LogP contribution in [0.5, 0.6) is 11.5 Å². The summed E-state index contributed by atoms with van der Waals surface area (Å²) in [6.07, 6.45) is 1.68. The first-order valence-corrected chi connectivity index (χ1v) is 5.77. The van der Waals surface area contributed by atoms with E-state index >= 15 is 0 Å². The van der Waals surface area contributed by atoms with Crippen LogP contribution in [0.2, 0.25) is 0 Å². The van der Waals surface area contributed by atoms with Crippen LogP contribution in [0.25, 0.3) is 0 Å². The molecule has 0 saturated carbocycles.